The lowest BCUT2D eigenvalue weighted by Crippen LogP contribution is -2.28. The number of carboxylic acid groups (broad SMARTS) is 1. The lowest BCUT2D eigenvalue weighted by atomic mass is 10.1. The first-order valence-corrected chi connectivity index (χ1v) is 8.27. The minimum absolute atomic E-state index is 0.0996. The van der Waals surface area contributed by atoms with Gasteiger partial charge in [0, 0.05) is 13.1 Å². The number of benzene rings is 1. The summed E-state index contributed by atoms with van der Waals surface area (Å²) in [5.74, 6) is 0.0687. The lowest BCUT2D eigenvalue weighted by Gasteiger charge is -2.27. The second kappa shape index (κ2) is 10.1. The number of nitrogens with zero attached hydrogens (tertiary/aromatic N) is 1. The van der Waals surface area contributed by atoms with Crippen LogP contribution in [0.3, 0.4) is 0 Å². The first-order valence-electron chi connectivity index (χ1n) is 8.27. The van der Waals surface area contributed by atoms with Crippen LogP contribution in [0.25, 0.3) is 0 Å². The van der Waals surface area contributed by atoms with Crippen molar-refractivity contribution in [3.8, 4) is 5.75 Å². The van der Waals surface area contributed by atoms with E-state index in [0.29, 0.717) is 6.54 Å². The Bertz CT molecular complexity index is 446. The van der Waals surface area contributed by atoms with E-state index in [-0.39, 0.29) is 12.5 Å². The van der Waals surface area contributed by atoms with E-state index in [2.05, 4.69) is 11.8 Å². The van der Waals surface area contributed by atoms with E-state index in [1.807, 2.05) is 38.1 Å². The van der Waals surface area contributed by atoms with Crippen molar-refractivity contribution >= 4 is 11.7 Å². The van der Waals surface area contributed by atoms with Crippen molar-refractivity contribution in [2.45, 2.75) is 59.0 Å². The standard InChI is InChI=1S/C18H29NO3/c1-4-5-6-9-13-19(14-12-18(20)21)16-10-7-8-11-17(16)22-15(2)3/h7-8,10-11,15H,4-6,9,12-14H2,1-3H3,(H,20,21). The topological polar surface area (TPSA) is 49.8 Å². The summed E-state index contributed by atoms with van der Waals surface area (Å²) in [5.41, 5.74) is 0.994. The number of carboxylic acids is 1. The van der Waals surface area contributed by atoms with Crippen molar-refractivity contribution in [1.82, 2.24) is 0 Å². The molecule has 0 radical (unpaired) electrons. The van der Waals surface area contributed by atoms with Crippen LogP contribution in [0, 0.1) is 0 Å². The molecule has 0 spiro atoms. The highest BCUT2D eigenvalue weighted by Gasteiger charge is 2.14. The molecule has 124 valence electrons. The van der Waals surface area contributed by atoms with Crippen LogP contribution in [0.5, 0.6) is 5.75 Å². The molecular formula is C18H29NO3. The van der Waals surface area contributed by atoms with Crippen molar-refractivity contribution in [2.24, 2.45) is 0 Å². The maximum absolute atomic E-state index is 10.9. The summed E-state index contributed by atoms with van der Waals surface area (Å²) >= 11 is 0. The molecule has 0 fully saturated rings. The normalized spacial score (nSPS) is 10.7. The Kier molecular flexibility index (Phi) is 8.41. The molecule has 0 aliphatic carbocycles. The zero-order chi connectivity index (χ0) is 16.4. The smallest absolute Gasteiger partial charge is 0.305 e. The van der Waals surface area contributed by atoms with Gasteiger partial charge in [-0.05, 0) is 32.4 Å². The number of hydrogen-bond donors (Lipinski definition) is 1. The fraction of sp³-hybridized carbons (Fsp3) is 0.611. The van der Waals surface area contributed by atoms with Gasteiger partial charge in [0.25, 0.3) is 0 Å². The Balaban J connectivity index is 2.81. The average Bonchev–Trinajstić information content (AvgIpc) is 2.46. The zero-order valence-corrected chi connectivity index (χ0v) is 14.0. The van der Waals surface area contributed by atoms with Gasteiger partial charge in [0.15, 0.2) is 0 Å². The Hall–Kier alpha value is -1.71. The van der Waals surface area contributed by atoms with Crippen LogP contribution in [-0.2, 0) is 4.79 Å². The number of hydrogen-bond acceptors (Lipinski definition) is 3. The molecule has 0 atom stereocenters. The van der Waals surface area contributed by atoms with Gasteiger partial charge in [-0.2, -0.15) is 0 Å². The molecular weight excluding hydrogens is 278 g/mol. The van der Waals surface area contributed by atoms with E-state index in [1.165, 1.54) is 19.3 Å². The molecule has 4 nitrogen and oxygen atoms in total. The summed E-state index contributed by atoms with van der Waals surface area (Å²) in [6.07, 6.45) is 4.90. The van der Waals surface area contributed by atoms with E-state index in [0.717, 1.165) is 24.4 Å². The summed E-state index contributed by atoms with van der Waals surface area (Å²) in [7, 11) is 0. The molecule has 4 heteroatoms. The van der Waals surface area contributed by atoms with Gasteiger partial charge in [-0.1, -0.05) is 38.3 Å². The van der Waals surface area contributed by atoms with Crippen molar-refractivity contribution < 1.29 is 14.6 Å². The van der Waals surface area contributed by atoms with Crippen molar-refractivity contribution in [3.63, 3.8) is 0 Å². The molecule has 0 aliphatic rings. The number of aliphatic carboxylic acids is 1. The predicted octanol–water partition coefficient (Wildman–Crippen LogP) is 4.34. The highest BCUT2D eigenvalue weighted by molar-refractivity contribution is 5.68. The minimum atomic E-state index is -0.763. The molecule has 0 amide bonds. The molecule has 22 heavy (non-hydrogen) atoms. The molecule has 0 aromatic heterocycles. The summed E-state index contributed by atoms with van der Waals surface area (Å²) in [4.78, 5) is 13.1. The fourth-order valence-electron chi connectivity index (χ4n) is 2.38. The van der Waals surface area contributed by atoms with Crippen molar-refractivity contribution in [1.29, 1.82) is 0 Å². The van der Waals surface area contributed by atoms with E-state index >= 15 is 0 Å². The van der Waals surface area contributed by atoms with Gasteiger partial charge in [0.05, 0.1) is 18.2 Å². The Labute approximate surface area is 134 Å². The molecule has 0 unspecified atom stereocenters. The monoisotopic (exact) mass is 307 g/mol. The first-order chi connectivity index (χ1) is 10.5. The number of unbranched alkanes of at least 4 members (excludes halogenated alkanes) is 3. The number of carbonyl (C=O) groups is 1. The van der Waals surface area contributed by atoms with E-state index in [9.17, 15) is 4.79 Å². The number of rotatable bonds is 11. The van der Waals surface area contributed by atoms with Crippen LogP contribution in [0.15, 0.2) is 24.3 Å². The van der Waals surface area contributed by atoms with Gasteiger partial charge in [0.1, 0.15) is 5.75 Å². The lowest BCUT2D eigenvalue weighted by molar-refractivity contribution is -0.136. The van der Waals surface area contributed by atoms with Crippen LogP contribution in [0.4, 0.5) is 5.69 Å². The van der Waals surface area contributed by atoms with Gasteiger partial charge >= 0.3 is 5.97 Å². The number of ether oxygens (including phenoxy) is 1. The van der Waals surface area contributed by atoms with E-state index in [4.69, 9.17) is 9.84 Å². The van der Waals surface area contributed by atoms with E-state index in [1.54, 1.807) is 0 Å². The summed E-state index contributed by atoms with van der Waals surface area (Å²) in [6, 6.07) is 7.89. The Morgan fingerprint density at radius 1 is 1.18 bits per heavy atom. The largest absolute Gasteiger partial charge is 0.489 e. The maximum atomic E-state index is 10.9. The highest BCUT2D eigenvalue weighted by Crippen LogP contribution is 2.29. The zero-order valence-electron chi connectivity index (χ0n) is 14.0. The molecule has 1 aromatic carbocycles. The molecule has 0 bridgehead atoms. The second-order valence-corrected chi connectivity index (χ2v) is 5.83. The highest BCUT2D eigenvalue weighted by atomic mass is 16.5. The SMILES string of the molecule is CCCCCCN(CCC(=O)O)c1ccccc1OC(C)C. The van der Waals surface area contributed by atoms with Crippen molar-refractivity contribution in [3.05, 3.63) is 24.3 Å². The molecule has 0 heterocycles. The second-order valence-electron chi connectivity index (χ2n) is 5.83. The van der Waals surface area contributed by atoms with Gasteiger partial charge in [0.2, 0.25) is 0 Å². The Morgan fingerprint density at radius 2 is 1.91 bits per heavy atom. The van der Waals surface area contributed by atoms with Crippen LogP contribution in [0.2, 0.25) is 0 Å². The van der Waals surface area contributed by atoms with E-state index < -0.39 is 5.97 Å². The molecule has 0 saturated heterocycles. The fourth-order valence-corrected chi connectivity index (χ4v) is 2.38. The van der Waals surface area contributed by atoms with Crippen LogP contribution in [-0.4, -0.2) is 30.3 Å². The molecule has 0 aliphatic heterocycles. The van der Waals surface area contributed by atoms with Gasteiger partial charge < -0.3 is 14.7 Å². The quantitative estimate of drug-likeness (QED) is 0.618. The first kappa shape index (κ1) is 18.3. The van der Waals surface area contributed by atoms with Crippen molar-refractivity contribution in [2.75, 3.05) is 18.0 Å². The number of anilines is 1. The maximum Gasteiger partial charge on any atom is 0.305 e. The van der Waals surface area contributed by atoms with Crippen LogP contribution in [0.1, 0.15) is 52.9 Å². The third-order valence-corrected chi connectivity index (χ3v) is 3.45. The van der Waals surface area contributed by atoms with Gasteiger partial charge in [-0.15, -0.1) is 0 Å². The summed E-state index contributed by atoms with van der Waals surface area (Å²) < 4.78 is 5.87. The van der Waals surface area contributed by atoms with Crippen LogP contribution >= 0.6 is 0 Å². The number of para-hydroxylation sites is 2. The molecule has 0 saturated carbocycles. The minimum Gasteiger partial charge on any atom is -0.489 e. The third-order valence-electron chi connectivity index (χ3n) is 3.45. The van der Waals surface area contributed by atoms with Gasteiger partial charge in [-0.3, -0.25) is 4.79 Å². The van der Waals surface area contributed by atoms with Crippen LogP contribution < -0.4 is 9.64 Å². The summed E-state index contributed by atoms with van der Waals surface area (Å²) in [6.45, 7) is 7.57. The molecule has 1 aromatic rings. The Morgan fingerprint density at radius 3 is 2.55 bits per heavy atom. The third kappa shape index (κ3) is 6.83. The predicted molar refractivity (Wildman–Crippen MR) is 90.8 cm³/mol. The summed E-state index contributed by atoms with van der Waals surface area (Å²) in [5, 5.41) is 8.98. The average molecular weight is 307 g/mol. The van der Waals surface area contributed by atoms with Gasteiger partial charge in [-0.25, -0.2) is 0 Å². The molecule has 1 rings (SSSR count). The molecule has 1 N–H and O–H groups in total.